The maximum Gasteiger partial charge on any atom is 1.00 e. The minimum atomic E-state index is -1.33. The maximum absolute atomic E-state index is 12.8. The Hall–Kier alpha value is -1.41. The summed E-state index contributed by atoms with van der Waals surface area (Å²) in [6, 6.07) is -5.07. The van der Waals surface area contributed by atoms with E-state index in [-0.39, 0.29) is 73.2 Å². The van der Waals surface area contributed by atoms with Crippen molar-refractivity contribution in [3.05, 3.63) is 35.8 Å². The first-order valence-electron chi connectivity index (χ1n) is 11.5. The number of esters is 1. The van der Waals surface area contributed by atoms with Crippen LogP contribution in [-0.4, -0.2) is 54.0 Å². The molecular formula is C20H27N2NaO5. The number of aliphatic carboxylic acids is 1. The average molecular weight is 403 g/mol. The van der Waals surface area contributed by atoms with Crippen LogP contribution < -0.4 is 40.0 Å². The van der Waals surface area contributed by atoms with E-state index in [2.05, 4.69) is 5.32 Å². The van der Waals surface area contributed by atoms with Gasteiger partial charge in [-0.2, -0.15) is 0 Å². The summed E-state index contributed by atoms with van der Waals surface area (Å²) in [6.07, 6.45) is 0.818. The van der Waals surface area contributed by atoms with Crippen LogP contribution in [0.5, 0.6) is 0 Å². The number of carboxylic acid groups (broad SMARTS) is 1. The molecule has 28 heavy (non-hydrogen) atoms. The first-order valence-corrected chi connectivity index (χ1v) is 9.01. The summed E-state index contributed by atoms with van der Waals surface area (Å²) < 4.78 is 44.3. The van der Waals surface area contributed by atoms with Crippen molar-refractivity contribution in [2.45, 2.75) is 57.7 Å². The van der Waals surface area contributed by atoms with E-state index in [9.17, 15) is 19.5 Å². The number of amides is 1. The van der Waals surface area contributed by atoms with Crippen molar-refractivity contribution in [1.29, 1.82) is 0 Å². The standard InChI is InChI=1S/C20H28N2O5.Na/c1-3-27-20(26)16(12-11-15-8-5-4-6-9-15)21-14(2)18(23)22-13-7-10-17(22)19(24)25;/h4-6,8-9,14,16-17,21H,3,7,10-13H2,1-2H3,(H,24,25);/q;+1/p-1/t14-,16-,17-;/m0./s1/i4D,5D,6D,8D,9D;. The molecule has 1 aliphatic rings. The molecule has 1 aliphatic heterocycles. The number of carboxylic acids is 1. The van der Waals surface area contributed by atoms with Gasteiger partial charge in [0.05, 0.1) is 31.5 Å². The number of nitrogens with zero attached hydrogens (tertiary/aromatic N) is 1. The fourth-order valence-corrected chi connectivity index (χ4v) is 3.10. The van der Waals surface area contributed by atoms with Crippen LogP contribution >= 0.6 is 0 Å². The SMILES string of the molecule is [2H]c1c([2H])c([2H])c(CC[C@H](N[C@@H](C)C(=O)N2CCC[C@H]2C(=O)[O-])C(=O)OCC)c([2H])c1[2H].[Na+]. The van der Waals surface area contributed by atoms with Crippen LogP contribution in [0.15, 0.2) is 30.2 Å². The molecule has 0 spiro atoms. The Kier molecular flexibility index (Phi) is 7.61. The van der Waals surface area contributed by atoms with Crippen molar-refractivity contribution in [3.63, 3.8) is 0 Å². The second-order valence-corrected chi connectivity index (χ2v) is 6.34. The van der Waals surface area contributed by atoms with Gasteiger partial charge in [-0.05, 0) is 45.1 Å². The van der Waals surface area contributed by atoms with Crippen molar-refractivity contribution in [3.8, 4) is 0 Å². The monoisotopic (exact) mass is 403 g/mol. The molecule has 1 saturated heterocycles. The molecule has 0 bridgehead atoms. The van der Waals surface area contributed by atoms with Gasteiger partial charge in [0.15, 0.2) is 0 Å². The Morgan fingerprint density at radius 1 is 1.36 bits per heavy atom. The zero-order chi connectivity index (χ0) is 24.2. The fraction of sp³-hybridized carbons (Fsp3) is 0.550. The summed E-state index contributed by atoms with van der Waals surface area (Å²) >= 11 is 0. The van der Waals surface area contributed by atoms with Gasteiger partial charge in [0.2, 0.25) is 5.91 Å². The molecule has 1 amide bonds. The predicted molar refractivity (Wildman–Crippen MR) is 97.5 cm³/mol. The van der Waals surface area contributed by atoms with Crippen LogP contribution in [0.1, 0.15) is 45.5 Å². The Morgan fingerprint density at radius 2 is 2.04 bits per heavy atom. The Morgan fingerprint density at radius 3 is 2.64 bits per heavy atom. The van der Waals surface area contributed by atoms with Gasteiger partial charge in [0.25, 0.3) is 0 Å². The molecule has 8 heteroatoms. The third-order valence-corrected chi connectivity index (χ3v) is 4.44. The summed E-state index contributed by atoms with van der Waals surface area (Å²) in [7, 11) is 0. The molecule has 1 fully saturated rings. The maximum atomic E-state index is 12.8. The molecule has 3 atom stereocenters. The minimum Gasteiger partial charge on any atom is -0.548 e. The van der Waals surface area contributed by atoms with Crippen LogP contribution in [0.4, 0.5) is 0 Å². The van der Waals surface area contributed by atoms with Crippen molar-refractivity contribution in [2.24, 2.45) is 0 Å². The van der Waals surface area contributed by atoms with E-state index in [0.29, 0.717) is 12.8 Å². The zero-order valence-corrected chi connectivity index (χ0v) is 18.5. The normalized spacial score (nSPS) is 20.6. The number of nitrogens with one attached hydrogen (secondary N) is 1. The first-order chi connectivity index (χ1) is 15.0. The van der Waals surface area contributed by atoms with Crippen LogP contribution in [0.25, 0.3) is 0 Å². The summed E-state index contributed by atoms with van der Waals surface area (Å²) in [4.78, 5) is 37.7. The summed E-state index contributed by atoms with van der Waals surface area (Å²) in [5.74, 6) is -2.47. The summed E-state index contributed by atoms with van der Waals surface area (Å²) in [6.45, 7) is 3.49. The van der Waals surface area contributed by atoms with Crippen LogP contribution in [0.2, 0.25) is 0 Å². The van der Waals surface area contributed by atoms with Crippen molar-refractivity contribution in [1.82, 2.24) is 10.2 Å². The molecule has 0 aromatic heterocycles. The molecular weight excluding hydrogens is 371 g/mol. The molecule has 2 rings (SSSR count). The molecule has 1 N–H and O–H groups in total. The van der Waals surface area contributed by atoms with Gasteiger partial charge >= 0.3 is 35.5 Å². The van der Waals surface area contributed by atoms with Crippen molar-refractivity contribution < 1.29 is 60.6 Å². The number of hydrogen-bond acceptors (Lipinski definition) is 6. The third-order valence-electron chi connectivity index (χ3n) is 4.44. The van der Waals surface area contributed by atoms with Gasteiger partial charge in [-0.3, -0.25) is 14.9 Å². The second kappa shape index (κ2) is 12.2. The Bertz CT molecular complexity index is 875. The van der Waals surface area contributed by atoms with Gasteiger partial charge in [-0.15, -0.1) is 0 Å². The molecule has 0 radical (unpaired) electrons. The smallest absolute Gasteiger partial charge is 0.548 e. The Balaban J connectivity index is 0.00000544. The first kappa shape index (κ1) is 17.4. The van der Waals surface area contributed by atoms with Gasteiger partial charge in [-0.1, -0.05) is 30.2 Å². The van der Waals surface area contributed by atoms with E-state index in [4.69, 9.17) is 11.6 Å². The van der Waals surface area contributed by atoms with E-state index >= 15 is 0 Å². The number of hydrogen-bond donors (Lipinski definition) is 1. The number of carbonyl (C=O) groups is 3. The largest absolute Gasteiger partial charge is 1.00 e. The van der Waals surface area contributed by atoms with Gasteiger partial charge < -0.3 is 19.5 Å². The molecule has 0 unspecified atom stereocenters. The van der Waals surface area contributed by atoms with Crippen LogP contribution in [0, 0.1) is 0 Å². The van der Waals surface area contributed by atoms with Crippen LogP contribution in [-0.2, 0) is 25.5 Å². The third kappa shape index (κ3) is 6.88. The predicted octanol–water partition coefficient (Wildman–Crippen LogP) is -2.73. The fourth-order valence-electron chi connectivity index (χ4n) is 3.10. The van der Waals surface area contributed by atoms with Crippen molar-refractivity contribution >= 4 is 17.8 Å². The van der Waals surface area contributed by atoms with E-state index in [1.807, 2.05) is 0 Å². The molecule has 7 nitrogen and oxygen atoms in total. The van der Waals surface area contributed by atoms with Gasteiger partial charge in [-0.25, -0.2) is 0 Å². The number of benzene rings is 1. The van der Waals surface area contributed by atoms with Crippen LogP contribution in [0.3, 0.4) is 0 Å². The number of ether oxygens (including phenoxy) is 1. The van der Waals surface area contributed by atoms with Gasteiger partial charge in [0.1, 0.15) is 6.04 Å². The average Bonchev–Trinajstić information content (AvgIpc) is 3.25. The molecule has 0 saturated carbocycles. The number of rotatable bonds is 9. The summed E-state index contributed by atoms with van der Waals surface area (Å²) in [5.41, 5.74) is 0.0580. The molecule has 1 heterocycles. The Labute approximate surface area is 195 Å². The number of likely N-dealkylation sites (tertiary alicyclic amines) is 1. The zero-order valence-electron chi connectivity index (χ0n) is 21.5. The van der Waals surface area contributed by atoms with E-state index < -0.39 is 54.1 Å². The van der Waals surface area contributed by atoms with E-state index in [0.717, 1.165) is 0 Å². The molecule has 1 aromatic rings. The minimum absolute atomic E-state index is 0. The van der Waals surface area contributed by atoms with E-state index in [1.165, 1.54) is 11.8 Å². The van der Waals surface area contributed by atoms with Gasteiger partial charge in [0, 0.05) is 6.54 Å². The molecule has 148 valence electrons. The van der Waals surface area contributed by atoms with Crippen molar-refractivity contribution in [2.75, 3.05) is 13.2 Å². The molecule has 0 aliphatic carbocycles. The van der Waals surface area contributed by atoms with E-state index in [1.54, 1.807) is 6.92 Å². The molecule has 1 aromatic carbocycles. The summed E-state index contributed by atoms with van der Waals surface area (Å²) in [5, 5.41) is 14.1. The quantitative estimate of drug-likeness (QED) is 0.355. The topological polar surface area (TPSA) is 98.8 Å². The number of carbonyl (C=O) groups excluding carboxylic acids is 3. The second-order valence-electron chi connectivity index (χ2n) is 6.34.